The Morgan fingerprint density at radius 3 is 2.39 bits per heavy atom. The highest BCUT2D eigenvalue weighted by Gasteiger charge is 2.20. The molecule has 0 aliphatic carbocycles. The number of nitro groups is 1. The van der Waals surface area contributed by atoms with Crippen molar-refractivity contribution in [3.63, 3.8) is 0 Å². The van der Waals surface area contributed by atoms with E-state index in [1.165, 1.54) is 26.4 Å². The van der Waals surface area contributed by atoms with Crippen LogP contribution in [-0.2, 0) is 4.79 Å². The molecular formula is C10H11NO6S. The number of carbonyl (C=O) groups is 1. The van der Waals surface area contributed by atoms with E-state index in [1.807, 2.05) is 0 Å². The lowest BCUT2D eigenvalue weighted by atomic mass is 10.3. The van der Waals surface area contributed by atoms with Crippen molar-refractivity contribution in [1.29, 1.82) is 0 Å². The van der Waals surface area contributed by atoms with Gasteiger partial charge in [0, 0.05) is 6.07 Å². The predicted molar refractivity (Wildman–Crippen MR) is 64.6 cm³/mol. The van der Waals surface area contributed by atoms with E-state index in [0.717, 1.165) is 11.8 Å². The van der Waals surface area contributed by atoms with Gasteiger partial charge in [-0.25, -0.2) is 0 Å². The zero-order valence-corrected chi connectivity index (χ0v) is 10.5. The zero-order chi connectivity index (χ0) is 13.7. The lowest BCUT2D eigenvalue weighted by molar-refractivity contribution is -0.387. The zero-order valence-electron chi connectivity index (χ0n) is 9.71. The van der Waals surface area contributed by atoms with Crippen molar-refractivity contribution in [1.82, 2.24) is 0 Å². The molecule has 0 aliphatic heterocycles. The lowest BCUT2D eigenvalue weighted by Crippen LogP contribution is -2.00. The van der Waals surface area contributed by atoms with Crippen LogP contribution in [0.3, 0.4) is 0 Å². The van der Waals surface area contributed by atoms with E-state index in [2.05, 4.69) is 0 Å². The van der Waals surface area contributed by atoms with Gasteiger partial charge < -0.3 is 14.6 Å². The Balaban J connectivity index is 3.20. The van der Waals surface area contributed by atoms with Gasteiger partial charge in [-0.15, -0.1) is 11.8 Å². The van der Waals surface area contributed by atoms with Crippen LogP contribution in [0.15, 0.2) is 17.0 Å². The van der Waals surface area contributed by atoms with Crippen molar-refractivity contribution in [2.45, 2.75) is 4.90 Å². The molecule has 0 aromatic heterocycles. The molecule has 98 valence electrons. The van der Waals surface area contributed by atoms with E-state index in [0.29, 0.717) is 5.75 Å². The first kappa shape index (κ1) is 14.1. The molecule has 1 rings (SSSR count). The summed E-state index contributed by atoms with van der Waals surface area (Å²) in [6.45, 7) is 0. The van der Waals surface area contributed by atoms with Crippen molar-refractivity contribution >= 4 is 23.4 Å². The standard InChI is InChI=1S/C10H11NO6S/c1-16-7-3-6(11(14)15)9(4-8(7)17-2)18-5-10(12)13/h3-4H,5H2,1-2H3,(H,12,13). The van der Waals surface area contributed by atoms with Crippen LogP contribution >= 0.6 is 11.8 Å². The highest BCUT2D eigenvalue weighted by molar-refractivity contribution is 8.00. The molecule has 0 fully saturated rings. The SMILES string of the molecule is COc1cc(SCC(=O)O)c([N+](=O)[O-])cc1OC. The number of hydrogen-bond acceptors (Lipinski definition) is 6. The van der Waals surface area contributed by atoms with Gasteiger partial charge in [0.15, 0.2) is 11.5 Å². The predicted octanol–water partition coefficient (Wildman–Crippen LogP) is 1.79. The highest BCUT2D eigenvalue weighted by atomic mass is 32.2. The number of benzene rings is 1. The molecule has 1 aromatic rings. The molecule has 0 amide bonds. The maximum Gasteiger partial charge on any atom is 0.313 e. The van der Waals surface area contributed by atoms with Crippen LogP contribution < -0.4 is 9.47 Å². The number of nitro benzene ring substituents is 1. The first-order valence-electron chi connectivity index (χ1n) is 4.74. The normalized spacial score (nSPS) is 9.89. The highest BCUT2D eigenvalue weighted by Crippen LogP contribution is 2.39. The number of ether oxygens (including phenoxy) is 2. The van der Waals surface area contributed by atoms with Crippen molar-refractivity contribution in [3.8, 4) is 11.5 Å². The molecule has 0 bridgehead atoms. The summed E-state index contributed by atoms with van der Waals surface area (Å²) < 4.78 is 9.96. The van der Waals surface area contributed by atoms with E-state index in [1.54, 1.807) is 0 Å². The van der Waals surface area contributed by atoms with Gasteiger partial charge in [-0.1, -0.05) is 0 Å². The third kappa shape index (κ3) is 3.27. The van der Waals surface area contributed by atoms with Crippen LogP contribution in [0.5, 0.6) is 11.5 Å². The Hall–Kier alpha value is -1.96. The Morgan fingerprint density at radius 1 is 1.39 bits per heavy atom. The second-order valence-electron chi connectivity index (χ2n) is 3.11. The topological polar surface area (TPSA) is 98.9 Å². The van der Waals surface area contributed by atoms with Crippen molar-refractivity contribution in [2.75, 3.05) is 20.0 Å². The third-order valence-electron chi connectivity index (χ3n) is 2.01. The Kier molecular flexibility index (Phi) is 4.78. The summed E-state index contributed by atoms with van der Waals surface area (Å²) in [4.78, 5) is 21.0. The lowest BCUT2D eigenvalue weighted by Gasteiger charge is -2.09. The molecule has 0 heterocycles. The second kappa shape index (κ2) is 6.10. The number of hydrogen-bond donors (Lipinski definition) is 1. The van der Waals surface area contributed by atoms with Crippen molar-refractivity contribution in [2.24, 2.45) is 0 Å². The van der Waals surface area contributed by atoms with E-state index >= 15 is 0 Å². The number of methoxy groups -OCH3 is 2. The number of thioether (sulfide) groups is 1. The molecule has 0 radical (unpaired) electrons. The van der Waals surface area contributed by atoms with E-state index < -0.39 is 10.9 Å². The number of carboxylic acids is 1. The molecule has 0 saturated carbocycles. The van der Waals surface area contributed by atoms with Gasteiger partial charge in [-0.05, 0) is 0 Å². The first-order chi connectivity index (χ1) is 8.49. The van der Waals surface area contributed by atoms with Crippen LogP contribution in [0, 0.1) is 10.1 Å². The summed E-state index contributed by atoms with van der Waals surface area (Å²) in [7, 11) is 2.76. The third-order valence-corrected chi connectivity index (χ3v) is 3.04. The molecule has 7 nitrogen and oxygen atoms in total. The van der Waals surface area contributed by atoms with Crippen LogP contribution in [0.2, 0.25) is 0 Å². The molecule has 0 aliphatic rings. The van der Waals surface area contributed by atoms with Gasteiger partial charge in [-0.3, -0.25) is 14.9 Å². The maximum absolute atomic E-state index is 10.9. The fourth-order valence-corrected chi connectivity index (χ4v) is 2.00. The molecule has 18 heavy (non-hydrogen) atoms. The van der Waals surface area contributed by atoms with E-state index in [4.69, 9.17) is 14.6 Å². The maximum atomic E-state index is 10.9. The molecule has 0 unspecified atom stereocenters. The van der Waals surface area contributed by atoms with Gasteiger partial charge in [0.05, 0.1) is 35.9 Å². The molecule has 0 atom stereocenters. The van der Waals surface area contributed by atoms with Gasteiger partial charge in [0.25, 0.3) is 5.69 Å². The van der Waals surface area contributed by atoms with Gasteiger partial charge in [-0.2, -0.15) is 0 Å². The number of nitrogens with zero attached hydrogens (tertiary/aromatic N) is 1. The molecule has 8 heteroatoms. The molecule has 1 N–H and O–H groups in total. The van der Waals surface area contributed by atoms with Gasteiger partial charge in [0.1, 0.15) is 0 Å². The Bertz CT molecular complexity index is 476. The summed E-state index contributed by atoms with van der Waals surface area (Å²) in [5.41, 5.74) is -0.209. The Morgan fingerprint density at radius 2 is 1.94 bits per heavy atom. The monoisotopic (exact) mass is 273 g/mol. The fourth-order valence-electron chi connectivity index (χ4n) is 1.25. The minimum absolute atomic E-state index is 0.209. The smallest absolute Gasteiger partial charge is 0.313 e. The minimum atomic E-state index is -1.05. The average molecular weight is 273 g/mol. The van der Waals surface area contributed by atoms with Crippen LogP contribution in [-0.4, -0.2) is 36.0 Å². The van der Waals surface area contributed by atoms with Crippen LogP contribution in [0.4, 0.5) is 5.69 Å². The fraction of sp³-hybridized carbons (Fsp3) is 0.300. The van der Waals surface area contributed by atoms with E-state index in [9.17, 15) is 14.9 Å². The number of rotatable bonds is 6. The van der Waals surface area contributed by atoms with Crippen molar-refractivity contribution < 1.29 is 24.3 Å². The molecular weight excluding hydrogens is 262 g/mol. The summed E-state index contributed by atoms with van der Waals surface area (Å²) >= 11 is 0.855. The summed E-state index contributed by atoms with van der Waals surface area (Å²) in [5.74, 6) is -0.778. The average Bonchev–Trinajstić information content (AvgIpc) is 2.34. The minimum Gasteiger partial charge on any atom is -0.493 e. The first-order valence-corrected chi connectivity index (χ1v) is 5.73. The largest absolute Gasteiger partial charge is 0.493 e. The van der Waals surface area contributed by atoms with Gasteiger partial charge in [0.2, 0.25) is 0 Å². The molecule has 1 aromatic carbocycles. The number of aliphatic carboxylic acids is 1. The van der Waals surface area contributed by atoms with Gasteiger partial charge >= 0.3 is 5.97 Å². The summed E-state index contributed by atoms with van der Waals surface area (Å²) in [5, 5.41) is 19.5. The molecule has 0 saturated heterocycles. The summed E-state index contributed by atoms with van der Waals surface area (Å²) in [6.07, 6.45) is 0. The van der Waals surface area contributed by atoms with E-state index in [-0.39, 0.29) is 22.1 Å². The van der Waals surface area contributed by atoms with Crippen molar-refractivity contribution in [3.05, 3.63) is 22.2 Å². The Labute approximate surface area is 107 Å². The molecule has 0 spiro atoms. The summed E-state index contributed by atoms with van der Waals surface area (Å²) in [6, 6.07) is 2.60. The second-order valence-corrected chi connectivity index (χ2v) is 4.13. The quantitative estimate of drug-likeness (QED) is 0.479. The van der Waals surface area contributed by atoms with Crippen LogP contribution in [0.1, 0.15) is 0 Å². The number of carboxylic acid groups (broad SMARTS) is 1. The van der Waals surface area contributed by atoms with Crippen LogP contribution in [0.25, 0.3) is 0 Å².